The molecule has 0 amide bonds. The number of halogens is 3. The maximum atomic E-state index is 12.7. The summed E-state index contributed by atoms with van der Waals surface area (Å²) in [5.74, 6) is 0. The van der Waals surface area contributed by atoms with Gasteiger partial charge in [-0.05, 0) is 43.2 Å². The van der Waals surface area contributed by atoms with E-state index in [1.54, 1.807) is 6.92 Å². The fourth-order valence-electron chi connectivity index (χ4n) is 1.98. The molecule has 0 atom stereocenters. The van der Waals surface area contributed by atoms with E-state index < -0.39 is 11.7 Å². The van der Waals surface area contributed by atoms with Crippen LogP contribution in [0.5, 0.6) is 0 Å². The number of anilines is 1. The van der Waals surface area contributed by atoms with Gasteiger partial charge in [-0.2, -0.15) is 13.2 Å². The van der Waals surface area contributed by atoms with E-state index in [-0.39, 0.29) is 0 Å². The third-order valence-corrected chi connectivity index (χ3v) is 3.22. The van der Waals surface area contributed by atoms with Gasteiger partial charge >= 0.3 is 6.18 Å². The number of hydrogen-bond donors (Lipinski definition) is 1. The lowest BCUT2D eigenvalue weighted by molar-refractivity contribution is -0.137. The van der Waals surface area contributed by atoms with Gasteiger partial charge in [-0.25, -0.2) is 0 Å². The van der Waals surface area contributed by atoms with Crippen LogP contribution in [0.15, 0.2) is 36.7 Å². The molecule has 2 rings (SSSR count). The summed E-state index contributed by atoms with van der Waals surface area (Å²) in [5.41, 5.74) is 1.73. The number of nitrogens with one attached hydrogen (secondary N) is 1. The topological polar surface area (TPSA) is 17.0 Å². The van der Waals surface area contributed by atoms with Crippen LogP contribution in [-0.2, 0) is 19.3 Å². The highest BCUT2D eigenvalue weighted by Crippen LogP contribution is 2.32. The summed E-state index contributed by atoms with van der Waals surface area (Å²) < 4.78 is 40.1. The fourth-order valence-corrected chi connectivity index (χ4v) is 1.98. The first-order valence-corrected chi connectivity index (χ1v) is 6.46. The number of rotatable bonds is 4. The molecule has 1 aromatic carbocycles. The second kappa shape index (κ2) is 5.61. The van der Waals surface area contributed by atoms with Crippen LogP contribution in [0.4, 0.5) is 18.9 Å². The van der Waals surface area contributed by atoms with Gasteiger partial charge in [0.2, 0.25) is 0 Å². The molecule has 2 nitrogen and oxygen atoms in total. The van der Waals surface area contributed by atoms with Crippen LogP contribution in [0.25, 0.3) is 0 Å². The molecule has 5 heteroatoms. The minimum Gasteiger partial charge on any atom is -0.381 e. The lowest BCUT2D eigenvalue weighted by Crippen LogP contribution is -2.07. The first-order valence-electron chi connectivity index (χ1n) is 6.46. The van der Waals surface area contributed by atoms with Gasteiger partial charge in [0, 0.05) is 31.2 Å². The summed E-state index contributed by atoms with van der Waals surface area (Å²) in [7, 11) is 0. The second-order valence-corrected chi connectivity index (χ2v) is 4.73. The van der Waals surface area contributed by atoms with Crippen molar-refractivity contribution < 1.29 is 13.2 Å². The molecule has 0 fully saturated rings. The first kappa shape index (κ1) is 14.5. The van der Waals surface area contributed by atoms with Crippen LogP contribution in [0.1, 0.15) is 23.6 Å². The van der Waals surface area contributed by atoms with Crippen LogP contribution in [-0.4, -0.2) is 4.57 Å². The van der Waals surface area contributed by atoms with E-state index in [0.717, 1.165) is 29.8 Å². The van der Waals surface area contributed by atoms with Crippen molar-refractivity contribution >= 4 is 5.69 Å². The Hall–Kier alpha value is -1.91. The highest BCUT2D eigenvalue weighted by Gasteiger charge is 2.30. The Morgan fingerprint density at radius 1 is 1.20 bits per heavy atom. The Morgan fingerprint density at radius 3 is 2.55 bits per heavy atom. The molecule has 0 aliphatic rings. The summed E-state index contributed by atoms with van der Waals surface area (Å²) in [6.07, 6.45) is -0.373. The lowest BCUT2D eigenvalue weighted by Gasteiger charge is -2.13. The van der Waals surface area contributed by atoms with Crippen molar-refractivity contribution in [1.82, 2.24) is 4.57 Å². The molecule has 0 saturated carbocycles. The molecule has 0 aliphatic heterocycles. The number of nitrogens with zero attached hydrogens (tertiary/aromatic N) is 1. The molecule has 0 unspecified atom stereocenters. The van der Waals surface area contributed by atoms with Gasteiger partial charge in [0.25, 0.3) is 0 Å². The molecule has 108 valence electrons. The predicted octanol–water partition coefficient (Wildman–Crippen LogP) is 4.45. The Balaban J connectivity index is 2.12. The van der Waals surface area contributed by atoms with E-state index in [9.17, 15) is 13.2 Å². The van der Waals surface area contributed by atoms with Crippen molar-refractivity contribution in [3.05, 3.63) is 53.3 Å². The van der Waals surface area contributed by atoms with Crippen molar-refractivity contribution in [3.8, 4) is 0 Å². The summed E-state index contributed by atoms with van der Waals surface area (Å²) >= 11 is 0. The van der Waals surface area contributed by atoms with Crippen molar-refractivity contribution in [1.29, 1.82) is 0 Å². The minimum absolute atomic E-state index is 0.509. The molecular formula is C15H17F3N2. The minimum atomic E-state index is -4.31. The molecule has 20 heavy (non-hydrogen) atoms. The first-order chi connectivity index (χ1) is 9.40. The molecule has 2 aromatic rings. The monoisotopic (exact) mass is 282 g/mol. The zero-order valence-electron chi connectivity index (χ0n) is 11.5. The third kappa shape index (κ3) is 3.35. The zero-order chi connectivity index (χ0) is 14.8. The maximum Gasteiger partial charge on any atom is 0.416 e. The Bertz CT molecular complexity index is 585. The molecule has 1 heterocycles. The van der Waals surface area contributed by atoms with Gasteiger partial charge in [-0.15, -0.1) is 0 Å². The van der Waals surface area contributed by atoms with Gasteiger partial charge in [0.1, 0.15) is 0 Å². The lowest BCUT2D eigenvalue weighted by atomic mass is 10.1. The van der Waals surface area contributed by atoms with Gasteiger partial charge < -0.3 is 9.88 Å². The van der Waals surface area contributed by atoms with Gasteiger partial charge in [0.05, 0.1) is 5.56 Å². The van der Waals surface area contributed by atoms with Gasteiger partial charge in [0.15, 0.2) is 0 Å². The van der Waals surface area contributed by atoms with Crippen molar-refractivity contribution in [2.24, 2.45) is 0 Å². The smallest absolute Gasteiger partial charge is 0.381 e. The zero-order valence-corrected chi connectivity index (χ0v) is 11.5. The standard InChI is InChI=1S/C15H17F3N2/c1-3-20-7-6-12(10-20)9-19-14-8-13(15(16,17)18)5-4-11(14)2/h4-8,10,19H,3,9H2,1-2H3. The number of alkyl halides is 3. The number of aryl methyl sites for hydroxylation is 2. The molecule has 1 aromatic heterocycles. The quantitative estimate of drug-likeness (QED) is 0.876. The SMILES string of the molecule is CCn1ccc(CNc2cc(C(F)(F)F)ccc2C)c1. The van der Waals surface area contributed by atoms with Crippen molar-refractivity contribution in [2.75, 3.05) is 5.32 Å². The summed E-state index contributed by atoms with van der Waals surface area (Å²) in [5, 5.41) is 3.07. The van der Waals surface area contributed by atoms with E-state index in [4.69, 9.17) is 0 Å². The van der Waals surface area contributed by atoms with E-state index in [1.165, 1.54) is 6.07 Å². The average molecular weight is 282 g/mol. The van der Waals surface area contributed by atoms with E-state index in [1.807, 2.05) is 30.0 Å². The average Bonchev–Trinajstić information content (AvgIpc) is 2.84. The maximum absolute atomic E-state index is 12.7. The molecule has 1 N–H and O–H groups in total. The predicted molar refractivity (Wildman–Crippen MR) is 73.6 cm³/mol. The molecule has 0 bridgehead atoms. The molecule has 0 spiro atoms. The summed E-state index contributed by atoms with van der Waals surface area (Å²) in [6, 6.07) is 5.71. The molecule has 0 saturated heterocycles. The Labute approximate surface area is 116 Å². The second-order valence-electron chi connectivity index (χ2n) is 4.73. The Kier molecular flexibility index (Phi) is 4.06. The molecule has 0 radical (unpaired) electrons. The number of aromatic nitrogens is 1. The highest BCUT2D eigenvalue weighted by atomic mass is 19.4. The largest absolute Gasteiger partial charge is 0.416 e. The Morgan fingerprint density at radius 2 is 1.95 bits per heavy atom. The highest BCUT2D eigenvalue weighted by molar-refractivity contribution is 5.53. The third-order valence-electron chi connectivity index (χ3n) is 3.22. The fraction of sp³-hybridized carbons (Fsp3) is 0.333. The van der Waals surface area contributed by atoms with Crippen LogP contribution < -0.4 is 5.32 Å². The van der Waals surface area contributed by atoms with Crippen molar-refractivity contribution in [2.45, 2.75) is 33.1 Å². The molecular weight excluding hydrogens is 265 g/mol. The number of benzene rings is 1. The van der Waals surface area contributed by atoms with Crippen LogP contribution in [0, 0.1) is 6.92 Å². The van der Waals surface area contributed by atoms with E-state index >= 15 is 0 Å². The number of hydrogen-bond acceptors (Lipinski definition) is 1. The van der Waals surface area contributed by atoms with E-state index in [0.29, 0.717) is 12.2 Å². The summed E-state index contributed by atoms with van der Waals surface area (Å²) in [6.45, 7) is 5.21. The normalized spacial score (nSPS) is 11.7. The van der Waals surface area contributed by atoms with Gasteiger partial charge in [-0.1, -0.05) is 6.07 Å². The summed E-state index contributed by atoms with van der Waals surface area (Å²) in [4.78, 5) is 0. The van der Waals surface area contributed by atoms with Crippen LogP contribution in [0.2, 0.25) is 0 Å². The van der Waals surface area contributed by atoms with Gasteiger partial charge in [-0.3, -0.25) is 0 Å². The van der Waals surface area contributed by atoms with Crippen LogP contribution in [0.3, 0.4) is 0 Å². The van der Waals surface area contributed by atoms with E-state index in [2.05, 4.69) is 5.32 Å². The van der Waals surface area contributed by atoms with Crippen molar-refractivity contribution in [3.63, 3.8) is 0 Å². The molecule has 0 aliphatic carbocycles. The van der Waals surface area contributed by atoms with Crippen LogP contribution >= 0.6 is 0 Å².